The van der Waals surface area contributed by atoms with E-state index in [0.29, 0.717) is 24.9 Å². The highest BCUT2D eigenvalue weighted by Gasteiger charge is 2.27. The Bertz CT molecular complexity index is 711. The smallest absolute Gasteiger partial charge is 0.251 e. The fourth-order valence-electron chi connectivity index (χ4n) is 3.75. The number of rotatable bonds is 5. The lowest BCUT2D eigenvalue weighted by molar-refractivity contribution is -0.132. The van der Waals surface area contributed by atoms with E-state index < -0.39 is 0 Å². The molecule has 3 rings (SSSR count). The van der Waals surface area contributed by atoms with Crippen molar-refractivity contribution >= 4 is 23.4 Å². The Morgan fingerprint density at radius 3 is 2.69 bits per heavy atom. The number of anilines is 1. The molecule has 0 atom stereocenters. The van der Waals surface area contributed by atoms with Crippen LogP contribution in [0.25, 0.3) is 0 Å². The molecule has 1 fully saturated rings. The van der Waals surface area contributed by atoms with E-state index in [0.717, 1.165) is 36.9 Å². The molecule has 140 valence electrons. The molecule has 0 unspecified atom stereocenters. The summed E-state index contributed by atoms with van der Waals surface area (Å²) < 4.78 is 0. The van der Waals surface area contributed by atoms with Gasteiger partial charge in [0.15, 0.2) is 0 Å². The number of carbonyl (C=O) groups is 3. The molecule has 4 N–H and O–H groups in total. The van der Waals surface area contributed by atoms with Crippen LogP contribution in [0, 0.1) is 0 Å². The maximum absolute atomic E-state index is 12.5. The van der Waals surface area contributed by atoms with Gasteiger partial charge in [-0.25, -0.2) is 0 Å². The van der Waals surface area contributed by atoms with Crippen molar-refractivity contribution in [1.82, 2.24) is 10.2 Å². The van der Waals surface area contributed by atoms with Gasteiger partial charge in [0.25, 0.3) is 5.91 Å². The lowest BCUT2D eigenvalue weighted by Gasteiger charge is -2.35. The average Bonchev–Trinajstić information content (AvgIpc) is 3.01. The van der Waals surface area contributed by atoms with Crippen molar-refractivity contribution in [3.05, 3.63) is 29.3 Å². The molecule has 0 saturated heterocycles. The van der Waals surface area contributed by atoms with Gasteiger partial charge in [-0.2, -0.15) is 0 Å². The molecule has 1 aliphatic carbocycles. The lowest BCUT2D eigenvalue weighted by atomic mass is 9.90. The van der Waals surface area contributed by atoms with Crippen LogP contribution in [0.3, 0.4) is 0 Å². The Balaban J connectivity index is 1.52. The van der Waals surface area contributed by atoms with Crippen LogP contribution in [0.5, 0.6) is 0 Å². The van der Waals surface area contributed by atoms with Gasteiger partial charge in [0.05, 0.1) is 6.42 Å². The van der Waals surface area contributed by atoms with E-state index in [1.807, 2.05) is 7.05 Å². The molecule has 1 aromatic rings. The van der Waals surface area contributed by atoms with Crippen molar-refractivity contribution in [2.24, 2.45) is 5.73 Å². The Labute approximate surface area is 153 Å². The second kappa shape index (κ2) is 7.86. The van der Waals surface area contributed by atoms with E-state index in [1.165, 1.54) is 0 Å². The summed E-state index contributed by atoms with van der Waals surface area (Å²) in [7, 11) is 1.83. The van der Waals surface area contributed by atoms with Crippen LogP contribution in [0.2, 0.25) is 0 Å². The van der Waals surface area contributed by atoms with E-state index >= 15 is 0 Å². The Kier molecular flexibility index (Phi) is 5.56. The topological polar surface area (TPSA) is 105 Å². The SMILES string of the molecule is CN(C(=O)CCN)C1CCC(NC(=O)c2ccc3c(c2)CC(=O)N3)CC1. The summed E-state index contributed by atoms with van der Waals surface area (Å²) in [5.74, 6) is -0.0615. The van der Waals surface area contributed by atoms with Crippen LogP contribution in [-0.2, 0) is 16.0 Å². The molecule has 2 aliphatic rings. The summed E-state index contributed by atoms with van der Waals surface area (Å²) in [6.07, 6.45) is 4.15. The number of amides is 3. The number of carbonyl (C=O) groups excluding carboxylic acids is 3. The third-order valence-electron chi connectivity index (χ3n) is 5.32. The van der Waals surface area contributed by atoms with Crippen LogP contribution in [0.1, 0.15) is 48.0 Å². The molecule has 1 aliphatic heterocycles. The Morgan fingerprint density at radius 2 is 2.00 bits per heavy atom. The van der Waals surface area contributed by atoms with Crippen LogP contribution >= 0.6 is 0 Å². The highest BCUT2D eigenvalue weighted by molar-refractivity contribution is 6.01. The quantitative estimate of drug-likeness (QED) is 0.731. The molecule has 0 spiro atoms. The molecule has 0 bridgehead atoms. The summed E-state index contributed by atoms with van der Waals surface area (Å²) >= 11 is 0. The highest BCUT2D eigenvalue weighted by atomic mass is 16.2. The van der Waals surface area contributed by atoms with Crippen molar-refractivity contribution < 1.29 is 14.4 Å². The number of nitrogens with two attached hydrogens (primary N) is 1. The van der Waals surface area contributed by atoms with Crippen LogP contribution < -0.4 is 16.4 Å². The normalized spacial score (nSPS) is 21.7. The predicted molar refractivity (Wildman–Crippen MR) is 98.7 cm³/mol. The fourth-order valence-corrected chi connectivity index (χ4v) is 3.75. The Hall–Kier alpha value is -2.41. The number of hydrogen-bond donors (Lipinski definition) is 3. The first kappa shape index (κ1) is 18.4. The number of benzene rings is 1. The molecule has 1 aromatic carbocycles. The number of nitrogens with zero attached hydrogens (tertiary/aromatic N) is 1. The first-order valence-corrected chi connectivity index (χ1v) is 9.17. The van der Waals surface area contributed by atoms with Crippen molar-refractivity contribution in [2.45, 2.75) is 50.6 Å². The monoisotopic (exact) mass is 358 g/mol. The molecular formula is C19H26N4O3. The second-order valence-electron chi connectivity index (χ2n) is 7.12. The third-order valence-corrected chi connectivity index (χ3v) is 5.32. The lowest BCUT2D eigenvalue weighted by Crippen LogP contribution is -2.44. The number of hydrogen-bond acceptors (Lipinski definition) is 4. The Morgan fingerprint density at radius 1 is 1.27 bits per heavy atom. The van der Waals surface area contributed by atoms with E-state index in [2.05, 4.69) is 10.6 Å². The molecule has 1 saturated carbocycles. The molecule has 0 radical (unpaired) electrons. The van der Waals surface area contributed by atoms with Crippen LogP contribution in [0.15, 0.2) is 18.2 Å². The van der Waals surface area contributed by atoms with Crippen molar-refractivity contribution in [1.29, 1.82) is 0 Å². The maximum atomic E-state index is 12.5. The molecular weight excluding hydrogens is 332 g/mol. The van der Waals surface area contributed by atoms with E-state index in [-0.39, 0.29) is 29.8 Å². The van der Waals surface area contributed by atoms with Gasteiger partial charge in [0.1, 0.15) is 0 Å². The van der Waals surface area contributed by atoms with Gasteiger partial charge in [-0.15, -0.1) is 0 Å². The minimum absolute atomic E-state index is 0.0378. The molecule has 7 heteroatoms. The first-order chi connectivity index (χ1) is 12.5. The fraction of sp³-hybridized carbons (Fsp3) is 0.526. The molecule has 7 nitrogen and oxygen atoms in total. The molecule has 26 heavy (non-hydrogen) atoms. The third kappa shape index (κ3) is 4.04. The first-order valence-electron chi connectivity index (χ1n) is 9.17. The summed E-state index contributed by atoms with van der Waals surface area (Å²) in [6.45, 7) is 0.371. The zero-order valence-electron chi connectivity index (χ0n) is 15.1. The minimum atomic E-state index is -0.108. The van der Waals surface area contributed by atoms with Crippen molar-refractivity contribution in [2.75, 3.05) is 18.9 Å². The molecule has 0 aromatic heterocycles. The van der Waals surface area contributed by atoms with Gasteiger partial charge in [0.2, 0.25) is 11.8 Å². The van der Waals surface area contributed by atoms with E-state index in [4.69, 9.17) is 5.73 Å². The van der Waals surface area contributed by atoms with Crippen LogP contribution in [0.4, 0.5) is 5.69 Å². The second-order valence-corrected chi connectivity index (χ2v) is 7.12. The maximum Gasteiger partial charge on any atom is 0.251 e. The van der Waals surface area contributed by atoms with Crippen LogP contribution in [-0.4, -0.2) is 48.3 Å². The van der Waals surface area contributed by atoms with Gasteiger partial charge in [-0.3, -0.25) is 14.4 Å². The van der Waals surface area contributed by atoms with Crippen molar-refractivity contribution in [3.8, 4) is 0 Å². The zero-order valence-corrected chi connectivity index (χ0v) is 15.1. The standard InChI is InChI=1S/C19H26N4O3/c1-23(18(25)8-9-20)15-5-3-14(4-6-15)21-19(26)12-2-7-16-13(10-12)11-17(24)22-16/h2,7,10,14-15H,3-6,8-9,11,20H2,1H3,(H,21,26)(H,22,24). The minimum Gasteiger partial charge on any atom is -0.349 e. The van der Waals surface area contributed by atoms with Gasteiger partial charge in [-0.05, 0) is 49.4 Å². The van der Waals surface area contributed by atoms with Gasteiger partial charge < -0.3 is 21.3 Å². The average molecular weight is 358 g/mol. The zero-order chi connectivity index (χ0) is 18.7. The van der Waals surface area contributed by atoms with E-state index in [9.17, 15) is 14.4 Å². The highest BCUT2D eigenvalue weighted by Crippen LogP contribution is 2.25. The van der Waals surface area contributed by atoms with Gasteiger partial charge in [0, 0.05) is 43.3 Å². The predicted octanol–water partition coefficient (Wildman–Crippen LogP) is 1.03. The van der Waals surface area contributed by atoms with Crippen molar-refractivity contribution in [3.63, 3.8) is 0 Å². The summed E-state index contributed by atoms with van der Waals surface area (Å²) in [6, 6.07) is 5.64. The van der Waals surface area contributed by atoms with Gasteiger partial charge >= 0.3 is 0 Å². The summed E-state index contributed by atoms with van der Waals surface area (Å²) in [5, 5.41) is 5.85. The van der Waals surface area contributed by atoms with Gasteiger partial charge in [-0.1, -0.05) is 0 Å². The summed E-state index contributed by atoms with van der Waals surface area (Å²) in [4.78, 5) is 37.7. The number of nitrogens with one attached hydrogen (secondary N) is 2. The van der Waals surface area contributed by atoms with E-state index in [1.54, 1.807) is 23.1 Å². The largest absolute Gasteiger partial charge is 0.349 e. The summed E-state index contributed by atoms with van der Waals surface area (Å²) in [5.41, 5.74) is 7.69. The molecule has 1 heterocycles. The number of fused-ring (bicyclic) bond motifs is 1. The molecule has 3 amide bonds.